The van der Waals surface area contributed by atoms with Gasteiger partial charge in [0.05, 0.1) is 8.07 Å². The molecule has 0 N–H and O–H groups in total. The molecule has 0 rings (SSSR count). The van der Waals surface area contributed by atoms with E-state index in [9.17, 15) is 21.6 Å². The summed E-state index contributed by atoms with van der Waals surface area (Å²) in [7, 11) is -9.37. The maximum atomic E-state index is 12.1. The molecule has 0 aromatic carbocycles. The van der Waals surface area contributed by atoms with Crippen LogP contribution < -0.4 is 0 Å². The van der Waals surface area contributed by atoms with E-state index in [0.717, 1.165) is 0 Å². The van der Waals surface area contributed by atoms with E-state index in [1.54, 1.807) is 0 Å². The third kappa shape index (κ3) is 5.55. The normalized spacial score (nSPS) is 16.2. The first-order valence-electron chi connectivity index (χ1n) is 4.40. The molecule has 0 aromatic rings. The molecule has 0 fully saturated rings. The zero-order chi connectivity index (χ0) is 13.4. The lowest BCUT2D eigenvalue weighted by Crippen LogP contribution is -2.34. The molecule has 0 atom stereocenters. The van der Waals surface area contributed by atoms with Crippen molar-refractivity contribution in [3.8, 4) is 0 Å². The van der Waals surface area contributed by atoms with Crippen molar-refractivity contribution in [3.63, 3.8) is 0 Å². The Hall–Kier alpha value is 0.267. The van der Waals surface area contributed by atoms with E-state index < -0.39 is 34.0 Å². The van der Waals surface area contributed by atoms with Gasteiger partial charge in [-0.1, -0.05) is 19.6 Å². The van der Waals surface area contributed by atoms with Crippen molar-refractivity contribution in [2.24, 2.45) is 0 Å². The maximum Gasteiger partial charge on any atom is 0.523 e. The molecule has 0 amide bonds. The zero-order valence-electron chi connectivity index (χ0n) is 9.88. The molecule has 0 aliphatic carbocycles. The fourth-order valence-corrected chi connectivity index (χ4v) is 12.6. The number of alkyl halides is 3. The van der Waals surface area contributed by atoms with E-state index in [2.05, 4.69) is 3.63 Å². The Kier molecular flexibility index (Phi) is 4.58. The van der Waals surface area contributed by atoms with Gasteiger partial charge in [-0.2, -0.15) is 21.6 Å². The second-order valence-electron chi connectivity index (χ2n) is 5.11. The highest BCUT2D eigenvalue weighted by Crippen LogP contribution is 2.47. The van der Waals surface area contributed by atoms with Crippen molar-refractivity contribution in [1.29, 1.82) is 0 Å². The molecule has 0 saturated heterocycles. The molecule has 0 spiro atoms. The fourth-order valence-electron chi connectivity index (χ4n) is 1.35. The minimum absolute atomic E-state index is 0.412. The van der Waals surface area contributed by atoms with Gasteiger partial charge in [0.2, 0.25) is 0 Å². The molecular weight excluding hydrogens is 281 g/mol. The molecule has 0 radical (unpaired) electrons. The first kappa shape index (κ1) is 16.3. The van der Waals surface area contributed by atoms with Gasteiger partial charge in [0.15, 0.2) is 0 Å². The Labute approximate surface area is 97.0 Å². The van der Waals surface area contributed by atoms with E-state index >= 15 is 0 Å². The van der Waals surface area contributed by atoms with Crippen molar-refractivity contribution in [3.05, 3.63) is 0 Å². The Morgan fingerprint density at radius 1 is 1.12 bits per heavy atom. The summed E-state index contributed by atoms with van der Waals surface area (Å²) in [5.74, 6) is 0. The molecular formula is C7H17F3O3S2Si. The Morgan fingerprint density at radius 3 is 1.75 bits per heavy atom. The summed E-state index contributed by atoms with van der Waals surface area (Å²) >= 11 is 0. The minimum atomic E-state index is -5.47. The van der Waals surface area contributed by atoms with E-state index in [0.29, 0.717) is 5.38 Å². The van der Waals surface area contributed by atoms with Crippen LogP contribution in [0, 0.1) is 0 Å². The first-order chi connectivity index (χ1) is 6.66. The summed E-state index contributed by atoms with van der Waals surface area (Å²) in [6, 6.07) is 0. The van der Waals surface area contributed by atoms with Gasteiger partial charge in [0.1, 0.15) is 0 Å². The highest BCUT2D eigenvalue weighted by Gasteiger charge is 2.49. The highest BCUT2D eigenvalue weighted by molar-refractivity contribution is 8.33. The maximum absolute atomic E-state index is 12.1. The summed E-state index contributed by atoms with van der Waals surface area (Å²) in [5.41, 5.74) is -5.34. The van der Waals surface area contributed by atoms with Crippen LogP contribution in [0.2, 0.25) is 19.6 Å². The molecule has 0 saturated carbocycles. The predicted octanol–water partition coefficient (Wildman–Crippen LogP) is 2.71. The Bertz CT molecular complexity index is 343. The molecule has 0 aromatic heterocycles. The lowest BCUT2D eigenvalue weighted by molar-refractivity contribution is -0.0495. The second kappa shape index (κ2) is 4.50. The van der Waals surface area contributed by atoms with Crippen molar-refractivity contribution in [2.75, 3.05) is 17.9 Å². The summed E-state index contributed by atoms with van der Waals surface area (Å²) < 4.78 is 62.3. The molecule has 0 unspecified atom stereocenters. The summed E-state index contributed by atoms with van der Waals surface area (Å²) in [5, 5.41) is 0.412. The van der Waals surface area contributed by atoms with Crippen molar-refractivity contribution < 1.29 is 25.2 Å². The quantitative estimate of drug-likeness (QED) is 0.592. The van der Waals surface area contributed by atoms with Gasteiger partial charge >= 0.3 is 15.6 Å². The standard InChI is InChI=1S/C7H17F3O3S2Si/c1-14(2,6-16(3,4)5)13-15(11,12)7(8,9)10/h6H2,1-5H3. The van der Waals surface area contributed by atoms with E-state index in [1.165, 1.54) is 12.5 Å². The van der Waals surface area contributed by atoms with Crippen LogP contribution in [-0.4, -0.2) is 39.9 Å². The zero-order valence-corrected chi connectivity index (χ0v) is 12.5. The molecule has 100 valence electrons. The van der Waals surface area contributed by atoms with Gasteiger partial charge in [-0.15, -0.1) is 10.3 Å². The van der Waals surface area contributed by atoms with Crippen LogP contribution in [0.5, 0.6) is 0 Å². The summed E-state index contributed by atoms with van der Waals surface area (Å²) in [4.78, 5) is 0. The number of hydrogen-bond donors (Lipinski definition) is 0. The average Bonchev–Trinajstić information content (AvgIpc) is 1.72. The van der Waals surface area contributed by atoms with Crippen LogP contribution in [0.4, 0.5) is 13.2 Å². The number of halogens is 3. The smallest absolute Gasteiger partial charge is 0.214 e. The Balaban J connectivity index is 4.87. The van der Waals surface area contributed by atoms with E-state index in [-0.39, 0.29) is 0 Å². The molecule has 0 aliphatic rings. The molecule has 3 nitrogen and oxygen atoms in total. The molecule has 0 heterocycles. The monoisotopic (exact) mass is 298 g/mol. The lowest BCUT2D eigenvalue weighted by atomic mass is 11.6. The van der Waals surface area contributed by atoms with Gasteiger partial charge in [0.25, 0.3) is 0 Å². The summed E-state index contributed by atoms with van der Waals surface area (Å²) in [6.45, 7) is 5.85. The molecule has 0 bridgehead atoms. The van der Waals surface area contributed by atoms with Gasteiger partial charge in [0, 0.05) is 0 Å². The molecule has 9 heteroatoms. The van der Waals surface area contributed by atoms with E-state index in [1.807, 2.05) is 19.6 Å². The largest absolute Gasteiger partial charge is 0.523 e. The Morgan fingerprint density at radius 2 is 1.50 bits per heavy atom. The van der Waals surface area contributed by atoms with Gasteiger partial charge < -0.3 is 0 Å². The van der Waals surface area contributed by atoms with Crippen LogP contribution >= 0.6 is 10.3 Å². The minimum Gasteiger partial charge on any atom is -0.214 e. The molecule has 16 heavy (non-hydrogen) atoms. The third-order valence-corrected chi connectivity index (χ3v) is 10.3. The van der Waals surface area contributed by atoms with Crippen LogP contribution in [-0.2, 0) is 13.7 Å². The van der Waals surface area contributed by atoms with Gasteiger partial charge in [-0.3, -0.25) is 0 Å². The highest BCUT2D eigenvalue weighted by atomic mass is 32.3. The van der Waals surface area contributed by atoms with E-state index in [4.69, 9.17) is 0 Å². The first-order valence-corrected chi connectivity index (χ1v) is 12.1. The van der Waals surface area contributed by atoms with Crippen LogP contribution in [0.15, 0.2) is 0 Å². The fraction of sp³-hybridized carbons (Fsp3) is 1.00. The SMILES string of the molecule is C[Si](C)(C)CS(C)(C)OS(=O)(=O)C(F)(F)F. The van der Waals surface area contributed by atoms with Crippen molar-refractivity contribution in [1.82, 2.24) is 0 Å². The number of hydrogen-bond acceptors (Lipinski definition) is 3. The molecule has 0 aliphatic heterocycles. The van der Waals surface area contributed by atoms with Crippen molar-refractivity contribution in [2.45, 2.75) is 25.1 Å². The second-order valence-corrected chi connectivity index (χ2v) is 16.2. The summed E-state index contributed by atoms with van der Waals surface area (Å²) in [6.07, 6.45) is 2.88. The average molecular weight is 298 g/mol. The third-order valence-electron chi connectivity index (χ3n) is 1.34. The topological polar surface area (TPSA) is 43.4 Å². The van der Waals surface area contributed by atoms with Gasteiger partial charge in [-0.05, 0) is 17.9 Å². The predicted molar refractivity (Wildman–Crippen MR) is 63.7 cm³/mol. The number of rotatable bonds is 4. The lowest BCUT2D eigenvalue weighted by Gasteiger charge is -2.35. The van der Waals surface area contributed by atoms with Crippen molar-refractivity contribution >= 4 is 28.5 Å². The van der Waals surface area contributed by atoms with Crippen LogP contribution in [0.3, 0.4) is 0 Å². The van der Waals surface area contributed by atoms with Crippen LogP contribution in [0.1, 0.15) is 0 Å². The van der Waals surface area contributed by atoms with Crippen LogP contribution in [0.25, 0.3) is 0 Å². The van der Waals surface area contributed by atoms with Gasteiger partial charge in [-0.25, -0.2) is 3.63 Å².